The second kappa shape index (κ2) is 12.0. The van der Waals surface area contributed by atoms with Crippen LogP contribution in [-0.4, -0.2) is 23.0 Å². The molecule has 180 valence electrons. The quantitative estimate of drug-likeness (QED) is 0.357. The molecular weight excluding hydrogens is 478 g/mol. The molecule has 0 heterocycles. The SMILES string of the molecule is O=C(NC1CCCCC1)c1cc(NC(=S)NC(=O)C(c2ccccc2)c2ccccc2)ccc1Cl. The summed E-state index contributed by atoms with van der Waals surface area (Å²) in [6, 6.07) is 24.4. The molecule has 1 fully saturated rings. The highest BCUT2D eigenvalue weighted by Gasteiger charge is 2.24. The molecule has 3 aromatic rings. The molecule has 0 unspecified atom stereocenters. The molecule has 3 N–H and O–H groups in total. The number of carbonyl (C=O) groups excluding carboxylic acids is 2. The molecule has 0 aliphatic heterocycles. The van der Waals surface area contributed by atoms with Gasteiger partial charge in [0, 0.05) is 11.7 Å². The number of benzene rings is 3. The third-order valence-electron chi connectivity index (χ3n) is 6.17. The van der Waals surface area contributed by atoms with E-state index < -0.39 is 5.92 Å². The monoisotopic (exact) mass is 505 g/mol. The molecule has 0 radical (unpaired) electrons. The van der Waals surface area contributed by atoms with E-state index in [1.165, 1.54) is 6.42 Å². The highest BCUT2D eigenvalue weighted by Crippen LogP contribution is 2.25. The van der Waals surface area contributed by atoms with Gasteiger partial charge < -0.3 is 16.0 Å². The fourth-order valence-corrected chi connectivity index (χ4v) is 4.84. The summed E-state index contributed by atoms with van der Waals surface area (Å²) in [6.07, 6.45) is 5.44. The fourth-order valence-electron chi connectivity index (χ4n) is 4.42. The number of hydrogen-bond acceptors (Lipinski definition) is 3. The van der Waals surface area contributed by atoms with E-state index in [9.17, 15) is 9.59 Å². The molecular formula is C28H28ClN3O2S. The number of hydrogen-bond donors (Lipinski definition) is 3. The molecule has 1 aliphatic rings. The first-order valence-corrected chi connectivity index (χ1v) is 12.6. The van der Waals surface area contributed by atoms with Crippen LogP contribution in [0.2, 0.25) is 5.02 Å². The van der Waals surface area contributed by atoms with Crippen LogP contribution < -0.4 is 16.0 Å². The minimum Gasteiger partial charge on any atom is -0.349 e. The van der Waals surface area contributed by atoms with Crippen molar-refractivity contribution in [2.45, 2.75) is 44.1 Å². The zero-order chi connectivity index (χ0) is 24.6. The molecule has 0 spiro atoms. The van der Waals surface area contributed by atoms with Crippen molar-refractivity contribution in [1.29, 1.82) is 0 Å². The molecule has 5 nitrogen and oxygen atoms in total. The van der Waals surface area contributed by atoms with Gasteiger partial charge in [-0.3, -0.25) is 9.59 Å². The van der Waals surface area contributed by atoms with Crippen molar-refractivity contribution < 1.29 is 9.59 Å². The van der Waals surface area contributed by atoms with Gasteiger partial charge in [-0.2, -0.15) is 0 Å². The Morgan fingerprint density at radius 1 is 0.857 bits per heavy atom. The molecule has 0 saturated heterocycles. The molecule has 3 aromatic carbocycles. The molecule has 0 bridgehead atoms. The zero-order valence-electron chi connectivity index (χ0n) is 19.3. The lowest BCUT2D eigenvalue weighted by Gasteiger charge is -2.23. The lowest BCUT2D eigenvalue weighted by Crippen LogP contribution is -2.38. The van der Waals surface area contributed by atoms with Gasteiger partial charge in [0.25, 0.3) is 5.91 Å². The maximum absolute atomic E-state index is 13.3. The molecule has 1 aliphatic carbocycles. The Labute approximate surface area is 216 Å². The van der Waals surface area contributed by atoms with Crippen molar-refractivity contribution >= 4 is 46.4 Å². The third-order valence-corrected chi connectivity index (χ3v) is 6.71. The topological polar surface area (TPSA) is 70.2 Å². The molecule has 0 aromatic heterocycles. The van der Waals surface area contributed by atoms with Crippen molar-refractivity contribution in [3.05, 3.63) is 101 Å². The Morgan fingerprint density at radius 2 is 1.46 bits per heavy atom. The maximum Gasteiger partial charge on any atom is 0.253 e. The Balaban J connectivity index is 1.45. The van der Waals surface area contributed by atoms with Gasteiger partial charge >= 0.3 is 0 Å². The standard InChI is InChI=1S/C28H28ClN3O2S/c29-24-17-16-22(18-23(24)26(33)30-21-14-8-3-9-15-21)31-28(35)32-27(34)25(19-10-4-1-5-11-19)20-12-6-2-7-13-20/h1-2,4-7,10-13,16-18,21,25H,3,8-9,14-15H2,(H,30,33)(H2,31,32,34,35). The minimum absolute atomic E-state index is 0.146. The average Bonchev–Trinajstić information content (AvgIpc) is 2.87. The van der Waals surface area contributed by atoms with E-state index in [1.54, 1.807) is 18.2 Å². The summed E-state index contributed by atoms with van der Waals surface area (Å²) in [5.74, 6) is -0.961. The van der Waals surface area contributed by atoms with Crippen LogP contribution in [0.1, 0.15) is 59.5 Å². The number of anilines is 1. The smallest absolute Gasteiger partial charge is 0.253 e. The molecule has 7 heteroatoms. The predicted molar refractivity (Wildman–Crippen MR) is 145 cm³/mol. The van der Waals surface area contributed by atoms with Gasteiger partial charge in [0.15, 0.2) is 5.11 Å². The highest BCUT2D eigenvalue weighted by atomic mass is 35.5. The van der Waals surface area contributed by atoms with Crippen molar-refractivity contribution in [3.63, 3.8) is 0 Å². The molecule has 2 amide bonds. The van der Waals surface area contributed by atoms with E-state index in [-0.39, 0.29) is 23.0 Å². The van der Waals surface area contributed by atoms with E-state index in [4.69, 9.17) is 23.8 Å². The van der Waals surface area contributed by atoms with Crippen molar-refractivity contribution in [3.8, 4) is 0 Å². The number of thiocarbonyl (C=S) groups is 1. The van der Waals surface area contributed by atoms with Gasteiger partial charge in [0.1, 0.15) is 0 Å². The molecule has 0 atom stereocenters. The summed E-state index contributed by atoms with van der Waals surface area (Å²) in [5.41, 5.74) is 2.69. The maximum atomic E-state index is 13.3. The largest absolute Gasteiger partial charge is 0.349 e. The van der Waals surface area contributed by atoms with Gasteiger partial charge in [-0.1, -0.05) is 91.5 Å². The van der Waals surface area contributed by atoms with Crippen LogP contribution in [0.25, 0.3) is 0 Å². The number of rotatable bonds is 6. The number of amides is 2. The lowest BCUT2D eigenvalue weighted by atomic mass is 9.90. The summed E-state index contributed by atoms with van der Waals surface area (Å²) in [4.78, 5) is 26.1. The van der Waals surface area contributed by atoms with Crippen LogP contribution in [0.15, 0.2) is 78.9 Å². The fraction of sp³-hybridized carbons (Fsp3) is 0.250. The predicted octanol–water partition coefficient (Wildman–Crippen LogP) is 6.05. The highest BCUT2D eigenvalue weighted by molar-refractivity contribution is 7.80. The van der Waals surface area contributed by atoms with E-state index >= 15 is 0 Å². The van der Waals surface area contributed by atoms with Crippen LogP contribution in [0.5, 0.6) is 0 Å². The summed E-state index contributed by atoms with van der Waals surface area (Å²) in [5, 5.41) is 9.42. The number of halogens is 1. The van der Waals surface area contributed by atoms with Gasteiger partial charge in [-0.05, 0) is 54.4 Å². The summed E-state index contributed by atoms with van der Waals surface area (Å²) in [6.45, 7) is 0. The minimum atomic E-state index is -0.515. The summed E-state index contributed by atoms with van der Waals surface area (Å²) in [7, 11) is 0. The van der Waals surface area contributed by atoms with Gasteiger partial charge in [-0.15, -0.1) is 0 Å². The zero-order valence-corrected chi connectivity index (χ0v) is 20.9. The second-order valence-corrected chi connectivity index (χ2v) is 9.52. The van der Waals surface area contributed by atoms with Crippen LogP contribution in [0.3, 0.4) is 0 Å². The van der Waals surface area contributed by atoms with E-state index in [2.05, 4.69) is 16.0 Å². The van der Waals surface area contributed by atoms with E-state index in [0.29, 0.717) is 16.3 Å². The third kappa shape index (κ3) is 6.68. The van der Waals surface area contributed by atoms with E-state index in [0.717, 1.165) is 36.8 Å². The van der Waals surface area contributed by atoms with Gasteiger partial charge in [0.05, 0.1) is 16.5 Å². The molecule has 1 saturated carbocycles. The molecule has 4 rings (SSSR count). The summed E-state index contributed by atoms with van der Waals surface area (Å²) < 4.78 is 0. The molecule has 35 heavy (non-hydrogen) atoms. The Morgan fingerprint density at radius 3 is 2.06 bits per heavy atom. The normalized spacial score (nSPS) is 13.8. The first kappa shape index (κ1) is 24.9. The van der Waals surface area contributed by atoms with Crippen molar-refractivity contribution in [2.24, 2.45) is 0 Å². The van der Waals surface area contributed by atoms with Crippen LogP contribution >= 0.6 is 23.8 Å². The van der Waals surface area contributed by atoms with E-state index in [1.807, 2.05) is 60.7 Å². The summed E-state index contributed by atoms with van der Waals surface area (Å²) >= 11 is 11.7. The first-order chi connectivity index (χ1) is 17.0. The number of carbonyl (C=O) groups is 2. The Kier molecular flexibility index (Phi) is 8.50. The second-order valence-electron chi connectivity index (χ2n) is 8.70. The van der Waals surface area contributed by atoms with Crippen LogP contribution in [0.4, 0.5) is 5.69 Å². The first-order valence-electron chi connectivity index (χ1n) is 11.8. The van der Waals surface area contributed by atoms with Crippen LogP contribution in [0, 0.1) is 0 Å². The Hall–Kier alpha value is -3.22. The van der Waals surface area contributed by atoms with Crippen molar-refractivity contribution in [1.82, 2.24) is 10.6 Å². The van der Waals surface area contributed by atoms with Gasteiger partial charge in [-0.25, -0.2) is 0 Å². The van der Waals surface area contributed by atoms with Crippen molar-refractivity contribution in [2.75, 3.05) is 5.32 Å². The van der Waals surface area contributed by atoms with Gasteiger partial charge in [0.2, 0.25) is 5.91 Å². The lowest BCUT2D eigenvalue weighted by molar-refractivity contribution is -0.120. The Bertz CT molecular complexity index is 1140. The number of nitrogens with one attached hydrogen (secondary N) is 3. The van der Waals surface area contributed by atoms with Crippen LogP contribution in [-0.2, 0) is 4.79 Å². The average molecular weight is 506 g/mol.